The number of aryl methyl sites for hydroxylation is 1. The van der Waals surface area contributed by atoms with Gasteiger partial charge in [-0.3, -0.25) is 14.4 Å². The molecule has 8 nitrogen and oxygen atoms in total. The van der Waals surface area contributed by atoms with E-state index in [0.717, 1.165) is 6.26 Å². The molecule has 12 heteroatoms. The molecule has 1 spiro atoms. The molecule has 3 aromatic rings. The van der Waals surface area contributed by atoms with Crippen molar-refractivity contribution in [1.82, 2.24) is 4.72 Å². The number of amides is 2. The Hall–Kier alpha value is -3.47. The predicted octanol–water partition coefficient (Wildman–Crippen LogP) is 7.21. The first kappa shape index (κ1) is 34.9. The lowest BCUT2D eigenvalue weighted by Crippen LogP contribution is -2.54. The number of hydrogen-bond acceptors (Lipinski definition) is 6. The number of Topliss-reactive ketones (excluding diaryl/α,β-unsaturated/α-hetero) is 1. The Morgan fingerprint density at radius 2 is 1.68 bits per heavy atom. The van der Waals surface area contributed by atoms with E-state index in [0.29, 0.717) is 44.4 Å². The fraction of sp³-hybridized carbons (Fsp3) is 0.400. The van der Waals surface area contributed by atoms with Crippen LogP contribution in [0.5, 0.6) is 5.75 Å². The molecule has 0 aromatic heterocycles. The Bertz CT molecular complexity index is 1880. The molecule has 1 heterocycles. The van der Waals surface area contributed by atoms with Gasteiger partial charge in [-0.25, -0.2) is 17.5 Å². The summed E-state index contributed by atoms with van der Waals surface area (Å²) in [7, 11) is -3.92. The molecule has 3 aromatic carbocycles. The zero-order chi connectivity index (χ0) is 34.5. The number of hydrogen-bond donors (Lipinski definition) is 2. The number of fused-ring (bicyclic) bond motifs is 2. The van der Waals surface area contributed by atoms with Crippen LogP contribution in [-0.2, 0) is 29.8 Å². The molecule has 4 atom stereocenters. The van der Waals surface area contributed by atoms with Crippen molar-refractivity contribution in [3.8, 4) is 5.75 Å². The molecule has 2 amide bonds. The van der Waals surface area contributed by atoms with E-state index in [-0.39, 0.29) is 30.8 Å². The lowest BCUT2D eigenvalue weighted by Gasteiger charge is -2.50. The van der Waals surface area contributed by atoms with Crippen LogP contribution in [0.15, 0.2) is 54.6 Å². The molecule has 5 rings (SSSR count). The number of halogens is 3. The van der Waals surface area contributed by atoms with E-state index < -0.39 is 56.4 Å². The van der Waals surface area contributed by atoms with Gasteiger partial charge in [0.15, 0.2) is 5.60 Å². The minimum absolute atomic E-state index is 0.0870. The Balaban J connectivity index is 1.83. The summed E-state index contributed by atoms with van der Waals surface area (Å²) in [5, 5.41) is 3.70. The second-order valence-corrected chi connectivity index (χ2v) is 15.0. The fourth-order valence-corrected chi connectivity index (χ4v) is 8.44. The molecule has 0 radical (unpaired) electrons. The van der Waals surface area contributed by atoms with Gasteiger partial charge in [0.1, 0.15) is 17.3 Å². The molecule has 1 aliphatic heterocycles. The highest BCUT2D eigenvalue weighted by Gasteiger charge is 2.64. The maximum atomic E-state index is 15.0. The highest BCUT2D eigenvalue weighted by molar-refractivity contribution is 7.89. The van der Waals surface area contributed by atoms with Crippen molar-refractivity contribution in [2.45, 2.75) is 76.2 Å². The van der Waals surface area contributed by atoms with Crippen molar-refractivity contribution >= 4 is 56.5 Å². The number of ketones is 1. The van der Waals surface area contributed by atoms with E-state index >= 15 is 4.39 Å². The summed E-state index contributed by atoms with van der Waals surface area (Å²) < 4.78 is 47.7. The molecule has 1 saturated carbocycles. The van der Waals surface area contributed by atoms with Gasteiger partial charge in [-0.2, -0.15) is 0 Å². The Labute approximate surface area is 284 Å². The third-order valence-electron chi connectivity index (χ3n) is 9.82. The molecule has 2 N–H and O–H groups in total. The van der Waals surface area contributed by atoms with Gasteiger partial charge in [-0.15, -0.1) is 0 Å². The lowest BCUT2D eigenvalue weighted by molar-refractivity contribution is -0.136. The van der Waals surface area contributed by atoms with Crippen molar-refractivity contribution in [3.63, 3.8) is 0 Å². The molecule has 250 valence electrons. The van der Waals surface area contributed by atoms with Crippen molar-refractivity contribution in [2.24, 2.45) is 5.92 Å². The van der Waals surface area contributed by atoms with Gasteiger partial charge in [-0.1, -0.05) is 56.1 Å². The van der Waals surface area contributed by atoms with Crippen molar-refractivity contribution in [3.05, 3.63) is 92.7 Å². The van der Waals surface area contributed by atoms with Crippen molar-refractivity contribution < 1.29 is 31.9 Å². The maximum absolute atomic E-state index is 15.0. The standard InChI is InChI=1S/C35H37Cl2FN2O6S/c1-6-23-29(41)18-27(25-15-20(36)11-14-30(25)46-34(7-2,8-3)32(42)40-47(5,44)45)35(31(23)24-17-22(38)12-9-19(24)4)26-13-10-21(37)16-28(26)39-33(35)43/h9-17,23,27,31H,6-8,18H2,1-5H3,(H,39,43)(H,40,42). The van der Waals surface area contributed by atoms with Crippen LogP contribution in [0.4, 0.5) is 10.1 Å². The molecular weight excluding hydrogens is 666 g/mol. The van der Waals surface area contributed by atoms with E-state index in [2.05, 4.69) is 5.32 Å². The van der Waals surface area contributed by atoms with Crippen LogP contribution < -0.4 is 14.8 Å². The maximum Gasteiger partial charge on any atom is 0.277 e. The smallest absolute Gasteiger partial charge is 0.277 e. The molecule has 0 saturated heterocycles. The number of anilines is 1. The Morgan fingerprint density at radius 1 is 1.02 bits per heavy atom. The minimum atomic E-state index is -3.92. The fourth-order valence-electron chi connectivity index (χ4n) is 7.56. The summed E-state index contributed by atoms with van der Waals surface area (Å²) in [5.41, 5.74) is -0.387. The van der Waals surface area contributed by atoms with Gasteiger partial charge in [0, 0.05) is 45.5 Å². The molecule has 0 bridgehead atoms. The van der Waals surface area contributed by atoms with Gasteiger partial charge in [0.05, 0.1) is 11.7 Å². The average molecular weight is 704 g/mol. The van der Waals surface area contributed by atoms with E-state index in [1.165, 1.54) is 12.1 Å². The summed E-state index contributed by atoms with van der Waals surface area (Å²) in [6, 6.07) is 14.2. The van der Waals surface area contributed by atoms with Crippen molar-refractivity contribution in [1.29, 1.82) is 0 Å². The summed E-state index contributed by atoms with van der Waals surface area (Å²) in [6.07, 6.45) is 1.39. The van der Waals surface area contributed by atoms with Gasteiger partial charge >= 0.3 is 0 Å². The summed E-state index contributed by atoms with van der Waals surface area (Å²) in [4.78, 5) is 42.4. The van der Waals surface area contributed by atoms with E-state index in [1.807, 2.05) is 18.6 Å². The highest BCUT2D eigenvalue weighted by Crippen LogP contribution is 2.63. The minimum Gasteiger partial charge on any atom is -0.477 e. The third-order valence-corrected chi connectivity index (χ3v) is 10.8. The van der Waals surface area contributed by atoms with Crippen LogP contribution in [-0.4, -0.2) is 37.9 Å². The quantitative estimate of drug-likeness (QED) is 0.243. The third kappa shape index (κ3) is 6.04. The van der Waals surface area contributed by atoms with Crippen LogP contribution >= 0.6 is 23.2 Å². The second kappa shape index (κ2) is 12.9. The monoisotopic (exact) mass is 702 g/mol. The van der Waals surface area contributed by atoms with Crippen LogP contribution in [0.25, 0.3) is 0 Å². The zero-order valence-electron chi connectivity index (χ0n) is 26.7. The Morgan fingerprint density at radius 3 is 2.32 bits per heavy atom. The summed E-state index contributed by atoms with van der Waals surface area (Å²) in [6.45, 7) is 7.10. The van der Waals surface area contributed by atoms with Crippen LogP contribution in [0.2, 0.25) is 10.0 Å². The number of benzene rings is 3. The molecule has 4 unspecified atom stereocenters. The number of ether oxygens (including phenoxy) is 1. The van der Waals surface area contributed by atoms with Gasteiger partial charge in [0.25, 0.3) is 5.91 Å². The highest BCUT2D eigenvalue weighted by atomic mass is 35.5. The van der Waals surface area contributed by atoms with Crippen LogP contribution in [0, 0.1) is 18.7 Å². The first-order valence-electron chi connectivity index (χ1n) is 15.5. The SMILES string of the molecule is CCC1C(=O)CC(c2cc(Cl)ccc2OC(CC)(CC)C(=O)NS(C)(=O)=O)C2(C(=O)Nc3cc(Cl)ccc32)C1c1cc(F)ccc1C. The lowest BCUT2D eigenvalue weighted by atomic mass is 9.50. The van der Waals surface area contributed by atoms with E-state index in [4.69, 9.17) is 27.9 Å². The van der Waals surface area contributed by atoms with E-state index in [9.17, 15) is 22.8 Å². The van der Waals surface area contributed by atoms with Crippen molar-refractivity contribution in [2.75, 3.05) is 11.6 Å². The summed E-state index contributed by atoms with van der Waals surface area (Å²) >= 11 is 13.0. The topological polar surface area (TPSA) is 119 Å². The number of rotatable bonds is 9. The zero-order valence-corrected chi connectivity index (χ0v) is 29.1. The molecule has 2 aliphatic rings. The number of carbonyl (C=O) groups is 3. The predicted molar refractivity (Wildman–Crippen MR) is 180 cm³/mol. The Kier molecular flexibility index (Phi) is 9.54. The average Bonchev–Trinajstić information content (AvgIpc) is 3.28. The van der Waals surface area contributed by atoms with Gasteiger partial charge in [-0.05, 0) is 85.3 Å². The number of carbonyl (C=O) groups excluding carboxylic acids is 3. The van der Waals surface area contributed by atoms with Crippen LogP contribution in [0.1, 0.15) is 80.5 Å². The summed E-state index contributed by atoms with van der Waals surface area (Å²) in [5.74, 6) is -4.04. The molecule has 47 heavy (non-hydrogen) atoms. The van der Waals surface area contributed by atoms with Gasteiger partial charge < -0.3 is 10.1 Å². The van der Waals surface area contributed by atoms with Crippen LogP contribution in [0.3, 0.4) is 0 Å². The number of nitrogens with one attached hydrogen (secondary N) is 2. The normalized spacial score (nSPS) is 22.6. The van der Waals surface area contributed by atoms with Gasteiger partial charge in [0.2, 0.25) is 15.9 Å². The van der Waals surface area contributed by atoms with E-state index in [1.54, 1.807) is 56.3 Å². The number of sulfonamides is 1. The first-order valence-corrected chi connectivity index (χ1v) is 18.2. The first-order chi connectivity index (χ1) is 22.1. The second-order valence-electron chi connectivity index (χ2n) is 12.4. The molecule has 1 aliphatic carbocycles. The largest absolute Gasteiger partial charge is 0.477 e. The molecule has 1 fully saturated rings. The molecular formula is C35H37Cl2FN2O6S.